The normalized spacial score (nSPS) is 16.6. The number of fused-ring (bicyclic) bond motifs is 1. The number of aromatic nitrogens is 2. The number of para-hydroxylation sites is 1. The van der Waals surface area contributed by atoms with Crippen molar-refractivity contribution in [3.63, 3.8) is 0 Å². The summed E-state index contributed by atoms with van der Waals surface area (Å²) < 4.78 is 59.4. The molecule has 1 aliphatic heterocycles. The second-order valence-electron chi connectivity index (χ2n) is 9.44. The first-order valence-corrected chi connectivity index (χ1v) is 14.3. The van der Waals surface area contributed by atoms with Crippen LogP contribution >= 0.6 is 0 Å². The predicted molar refractivity (Wildman–Crippen MR) is 148 cm³/mol. The Kier molecular flexibility index (Phi) is 9.14. The maximum Gasteiger partial charge on any atom is 0.490 e. The molecule has 2 heterocycles. The lowest BCUT2D eigenvalue weighted by Gasteiger charge is -2.40. The number of hydrogen-bond donors (Lipinski definition) is 2. The van der Waals surface area contributed by atoms with Gasteiger partial charge in [0, 0.05) is 12.7 Å². The number of anilines is 1. The standard InChI is InChI=1S/C27H28N4O2S.C2HF3O2/c1-21(22-10-4-2-5-11-22)30-19-26(34(32,33)25-13-6-3-7-14-25)16-23-12-8-9-15-27(23)31(30)18-24-17-28-20-29-24;3-2(4,5)1(6)7/h2-15,17,20-21,26H,16,18-19H2,1H3,(H,28,29);(H,6,7). The van der Waals surface area contributed by atoms with E-state index in [2.05, 4.69) is 45.1 Å². The number of nitrogens with one attached hydrogen (secondary N) is 1. The Hall–Kier alpha value is -4.16. The lowest BCUT2D eigenvalue weighted by Crippen LogP contribution is -2.47. The third-order valence-electron chi connectivity index (χ3n) is 6.77. The molecule has 12 heteroatoms. The number of carboxylic acids is 1. The van der Waals surface area contributed by atoms with Gasteiger partial charge in [-0.1, -0.05) is 66.7 Å². The average Bonchev–Trinajstić information content (AvgIpc) is 3.42. The van der Waals surface area contributed by atoms with Crippen molar-refractivity contribution in [2.45, 2.75) is 42.3 Å². The second kappa shape index (κ2) is 12.6. The molecule has 0 spiro atoms. The molecule has 216 valence electrons. The summed E-state index contributed by atoms with van der Waals surface area (Å²) in [6.45, 7) is 3.04. The van der Waals surface area contributed by atoms with E-state index in [4.69, 9.17) is 9.90 Å². The number of alkyl halides is 3. The summed E-state index contributed by atoms with van der Waals surface area (Å²) in [7, 11) is -3.55. The van der Waals surface area contributed by atoms with Crippen LogP contribution in [0.3, 0.4) is 0 Å². The first-order chi connectivity index (χ1) is 19.5. The second-order valence-corrected chi connectivity index (χ2v) is 11.7. The minimum Gasteiger partial charge on any atom is -0.475 e. The number of carboxylic acid groups (broad SMARTS) is 1. The first kappa shape index (κ1) is 29.8. The third-order valence-corrected chi connectivity index (χ3v) is 8.89. The van der Waals surface area contributed by atoms with Crippen molar-refractivity contribution in [3.8, 4) is 0 Å². The number of rotatable bonds is 6. The molecule has 8 nitrogen and oxygen atoms in total. The van der Waals surface area contributed by atoms with E-state index in [0.29, 0.717) is 24.4 Å². The average molecular weight is 587 g/mol. The molecule has 0 saturated heterocycles. The SMILES string of the molecule is CC(c1ccccc1)N1CC(S(=O)(=O)c2ccccc2)Cc2ccccc2N1Cc1c[nH]cn1.O=C(O)C(F)(F)F. The quantitative estimate of drug-likeness (QED) is 0.311. The van der Waals surface area contributed by atoms with Crippen LogP contribution in [-0.4, -0.2) is 52.4 Å². The van der Waals surface area contributed by atoms with E-state index >= 15 is 0 Å². The molecular formula is C29H29F3N4O4S. The van der Waals surface area contributed by atoms with E-state index in [1.165, 1.54) is 0 Å². The van der Waals surface area contributed by atoms with Crippen LogP contribution in [0.4, 0.5) is 18.9 Å². The smallest absolute Gasteiger partial charge is 0.475 e. The van der Waals surface area contributed by atoms with Crippen molar-refractivity contribution in [3.05, 3.63) is 114 Å². The van der Waals surface area contributed by atoms with Crippen LogP contribution < -0.4 is 5.01 Å². The number of H-pyrrole nitrogens is 1. The summed E-state index contributed by atoms with van der Waals surface area (Å²) in [5.74, 6) is -2.76. The van der Waals surface area contributed by atoms with Crippen molar-refractivity contribution in [1.29, 1.82) is 0 Å². The topological polar surface area (TPSA) is 107 Å². The number of imidazole rings is 1. The molecule has 4 aromatic rings. The Morgan fingerprint density at radius 2 is 1.61 bits per heavy atom. The van der Waals surface area contributed by atoms with Gasteiger partial charge < -0.3 is 10.1 Å². The van der Waals surface area contributed by atoms with E-state index < -0.39 is 27.2 Å². The van der Waals surface area contributed by atoms with Crippen molar-refractivity contribution >= 4 is 21.5 Å². The van der Waals surface area contributed by atoms with Crippen molar-refractivity contribution in [2.24, 2.45) is 0 Å². The van der Waals surface area contributed by atoms with E-state index in [1.54, 1.807) is 30.6 Å². The maximum absolute atomic E-state index is 13.8. The van der Waals surface area contributed by atoms with Gasteiger partial charge in [-0.05, 0) is 42.7 Å². The minimum atomic E-state index is -5.08. The molecule has 0 aliphatic carbocycles. The number of sulfone groups is 1. The summed E-state index contributed by atoms with van der Waals surface area (Å²) in [4.78, 5) is 16.8. The lowest BCUT2D eigenvalue weighted by molar-refractivity contribution is -0.192. The van der Waals surface area contributed by atoms with Crippen LogP contribution in [0.15, 0.2) is 102 Å². The summed E-state index contributed by atoms with van der Waals surface area (Å²) in [6, 6.07) is 27.1. The van der Waals surface area contributed by atoms with Crippen LogP contribution in [0.2, 0.25) is 0 Å². The molecule has 41 heavy (non-hydrogen) atoms. The fourth-order valence-electron chi connectivity index (χ4n) is 4.68. The molecule has 2 N–H and O–H groups in total. The van der Waals surface area contributed by atoms with Crippen LogP contribution in [0.25, 0.3) is 0 Å². The van der Waals surface area contributed by atoms with Gasteiger partial charge in [0.2, 0.25) is 0 Å². The minimum absolute atomic E-state index is 0.0419. The van der Waals surface area contributed by atoms with Crippen LogP contribution in [0.1, 0.15) is 29.8 Å². The molecule has 0 amide bonds. The zero-order valence-corrected chi connectivity index (χ0v) is 22.9. The first-order valence-electron chi connectivity index (χ1n) is 12.7. The summed E-state index contributed by atoms with van der Waals surface area (Å²) in [5, 5.41) is 10.9. The molecule has 2 atom stereocenters. The predicted octanol–water partition coefficient (Wildman–Crippen LogP) is 5.43. The molecule has 3 aromatic carbocycles. The highest BCUT2D eigenvalue weighted by molar-refractivity contribution is 7.92. The van der Waals surface area contributed by atoms with Crippen LogP contribution in [0, 0.1) is 0 Å². The molecule has 0 saturated carbocycles. The number of carbonyl (C=O) groups is 1. The number of aliphatic carboxylic acids is 1. The fraction of sp³-hybridized carbons (Fsp3) is 0.241. The van der Waals surface area contributed by atoms with E-state index in [-0.39, 0.29) is 6.04 Å². The number of benzene rings is 3. The third kappa shape index (κ3) is 7.14. The number of nitrogens with zero attached hydrogens (tertiary/aromatic N) is 3. The van der Waals surface area contributed by atoms with Gasteiger partial charge in [-0.3, -0.25) is 5.01 Å². The van der Waals surface area contributed by atoms with Crippen LogP contribution in [-0.2, 0) is 27.6 Å². The van der Waals surface area contributed by atoms with Crippen LogP contribution in [0.5, 0.6) is 0 Å². The molecule has 0 bridgehead atoms. The number of halogens is 3. The maximum atomic E-state index is 13.8. The van der Waals surface area contributed by atoms with Gasteiger partial charge in [0.25, 0.3) is 0 Å². The Balaban J connectivity index is 0.000000493. The Bertz CT molecular complexity index is 1530. The van der Waals surface area contributed by atoms with E-state index in [9.17, 15) is 21.6 Å². The van der Waals surface area contributed by atoms with Gasteiger partial charge in [0.1, 0.15) is 0 Å². The number of hydrogen-bond acceptors (Lipinski definition) is 6. The van der Waals surface area contributed by atoms with Crippen molar-refractivity contribution < 1.29 is 31.5 Å². The fourth-order valence-corrected chi connectivity index (χ4v) is 6.35. The van der Waals surface area contributed by atoms with Crippen molar-refractivity contribution in [2.75, 3.05) is 11.6 Å². The lowest BCUT2D eigenvalue weighted by atomic mass is 10.1. The largest absolute Gasteiger partial charge is 0.490 e. The van der Waals surface area contributed by atoms with Gasteiger partial charge in [-0.15, -0.1) is 0 Å². The highest BCUT2D eigenvalue weighted by Crippen LogP contribution is 2.36. The highest BCUT2D eigenvalue weighted by atomic mass is 32.2. The summed E-state index contributed by atoms with van der Waals surface area (Å²) in [6.07, 6.45) is -1.08. The molecule has 5 rings (SSSR count). The zero-order chi connectivity index (χ0) is 29.6. The monoisotopic (exact) mass is 586 g/mol. The van der Waals surface area contributed by atoms with E-state index in [0.717, 1.165) is 22.5 Å². The summed E-state index contributed by atoms with van der Waals surface area (Å²) in [5.41, 5.74) is 4.05. The number of aromatic amines is 1. The van der Waals surface area contributed by atoms with Gasteiger partial charge in [0.05, 0.1) is 40.4 Å². The molecule has 2 unspecified atom stereocenters. The van der Waals surface area contributed by atoms with Gasteiger partial charge in [-0.25, -0.2) is 23.2 Å². The summed E-state index contributed by atoms with van der Waals surface area (Å²) >= 11 is 0. The zero-order valence-electron chi connectivity index (χ0n) is 22.1. The molecule has 1 aromatic heterocycles. The van der Waals surface area contributed by atoms with Gasteiger partial charge in [-0.2, -0.15) is 13.2 Å². The molecule has 0 fully saturated rings. The number of hydrazine groups is 1. The molecule has 0 radical (unpaired) electrons. The van der Waals surface area contributed by atoms with E-state index in [1.807, 2.05) is 48.7 Å². The molecular weight excluding hydrogens is 557 g/mol. The Labute approximate surface area is 236 Å². The van der Waals surface area contributed by atoms with Gasteiger partial charge >= 0.3 is 12.1 Å². The van der Waals surface area contributed by atoms with Gasteiger partial charge in [0.15, 0.2) is 9.84 Å². The Morgan fingerprint density at radius 1 is 1.02 bits per heavy atom. The van der Waals surface area contributed by atoms with Crippen molar-refractivity contribution in [1.82, 2.24) is 15.0 Å². The molecule has 1 aliphatic rings. The highest BCUT2D eigenvalue weighted by Gasteiger charge is 2.39. The Morgan fingerprint density at radius 3 is 2.20 bits per heavy atom.